The zero-order chi connectivity index (χ0) is 36.6. The molecule has 0 aliphatic carbocycles. The SMILES string of the molecule is O=S(=O)(O)c1cc(S(=O)(=O)O)c2ccc(Nc3nc(Nc4ccccc4)nc(Nc4ccc5c(S(=O)(=O)O)cc(SOOO)cc5c4)n3)cc2c1. The maximum atomic E-state index is 12.1. The predicted molar refractivity (Wildman–Crippen MR) is 184 cm³/mol. The van der Waals surface area contributed by atoms with Crippen molar-refractivity contribution in [3.8, 4) is 0 Å². The minimum atomic E-state index is -4.90. The summed E-state index contributed by atoms with van der Waals surface area (Å²) in [6.45, 7) is 0. The maximum Gasteiger partial charge on any atom is 0.295 e. The number of fused-ring (bicyclic) bond motifs is 2. The first kappa shape index (κ1) is 35.8. The van der Waals surface area contributed by atoms with Gasteiger partial charge in [-0.1, -0.05) is 35.4 Å². The van der Waals surface area contributed by atoms with E-state index in [1.807, 2.05) is 0 Å². The third-order valence-corrected chi connectivity index (χ3v) is 10.1. The van der Waals surface area contributed by atoms with Crippen LogP contribution >= 0.6 is 12.0 Å². The number of nitrogens with zero attached hydrogens (tertiary/aromatic N) is 3. The van der Waals surface area contributed by atoms with E-state index >= 15 is 0 Å². The van der Waals surface area contributed by atoms with Crippen LogP contribution in [0.15, 0.2) is 111 Å². The Labute approximate surface area is 292 Å². The van der Waals surface area contributed by atoms with Gasteiger partial charge in [0.25, 0.3) is 30.4 Å². The molecule has 0 unspecified atom stereocenters. The predicted octanol–water partition coefficient (Wildman–Crippen LogP) is 5.58. The lowest BCUT2D eigenvalue weighted by molar-refractivity contribution is -0.432. The lowest BCUT2D eigenvalue weighted by atomic mass is 10.1. The van der Waals surface area contributed by atoms with Crippen LogP contribution in [0.5, 0.6) is 0 Å². The number of anilines is 6. The lowest BCUT2D eigenvalue weighted by Gasteiger charge is -2.13. The van der Waals surface area contributed by atoms with Gasteiger partial charge in [-0.05, 0) is 71.4 Å². The van der Waals surface area contributed by atoms with Crippen molar-refractivity contribution < 1.29 is 53.5 Å². The largest absolute Gasteiger partial charge is 0.324 e. The monoisotopic (exact) mass is 774 g/mol. The minimum absolute atomic E-state index is 0.0201. The molecule has 1 heterocycles. The van der Waals surface area contributed by atoms with Gasteiger partial charge in [0.05, 0.1) is 16.9 Å². The quantitative estimate of drug-likeness (QED) is 0.0346. The van der Waals surface area contributed by atoms with Crippen molar-refractivity contribution in [3.63, 3.8) is 0 Å². The van der Waals surface area contributed by atoms with Crippen molar-refractivity contribution >= 4 is 98.8 Å². The Morgan fingerprint density at radius 2 is 1.04 bits per heavy atom. The molecular formula is C29H22N6O12S4. The van der Waals surface area contributed by atoms with E-state index < -0.39 is 45.0 Å². The van der Waals surface area contributed by atoms with Gasteiger partial charge in [0.2, 0.25) is 17.8 Å². The molecule has 6 aromatic rings. The molecule has 1 aromatic heterocycles. The molecule has 0 aliphatic rings. The van der Waals surface area contributed by atoms with Crippen molar-refractivity contribution in [1.29, 1.82) is 0 Å². The van der Waals surface area contributed by atoms with Crippen LogP contribution in [0.25, 0.3) is 21.5 Å². The summed E-state index contributed by atoms with van der Waals surface area (Å²) < 4.78 is 106. The van der Waals surface area contributed by atoms with Gasteiger partial charge in [0.15, 0.2) is 0 Å². The van der Waals surface area contributed by atoms with E-state index in [9.17, 15) is 38.9 Å². The average molecular weight is 775 g/mol. The van der Waals surface area contributed by atoms with Gasteiger partial charge in [0, 0.05) is 32.7 Å². The number of aromatic nitrogens is 3. The molecule has 0 saturated carbocycles. The Morgan fingerprint density at radius 3 is 1.53 bits per heavy atom. The standard InChI is InChI=1S/C29H22N6O12S4/c36-46-47-48-21-12-16-10-19(6-8-23(16)25(14-21)50(40,41)42)31-28-33-27(30-18-4-2-1-3-5-18)34-29(35-28)32-20-7-9-24-17(11-20)13-22(49(37,38)39)15-26(24)51(43,44)45/h1-15,36H,(H,37,38,39)(H,40,41,42)(H,43,44,45)(H3,30,31,32,33,34,35). The fourth-order valence-corrected chi connectivity index (χ4v) is 7.52. The van der Waals surface area contributed by atoms with Gasteiger partial charge in [-0.15, -0.1) is 4.33 Å². The Kier molecular flexibility index (Phi) is 9.80. The average Bonchev–Trinajstić information content (AvgIpc) is 3.05. The summed E-state index contributed by atoms with van der Waals surface area (Å²) >= 11 is 0.483. The molecule has 0 fully saturated rings. The summed E-state index contributed by atoms with van der Waals surface area (Å²) in [5.74, 6) is -0.0231. The number of para-hydroxylation sites is 1. The van der Waals surface area contributed by atoms with Crippen molar-refractivity contribution in [3.05, 3.63) is 91.0 Å². The van der Waals surface area contributed by atoms with Gasteiger partial charge in [-0.2, -0.15) is 40.2 Å². The highest BCUT2D eigenvalue weighted by molar-refractivity contribution is 7.94. The first-order chi connectivity index (χ1) is 24.1. The molecule has 22 heteroatoms. The second-order valence-electron chi connectivity index (χ2n) is 10.4. The van der Waals surface area contributed by atoms with Gasteiger partial charge >= 0.3 is 0 Å². The molecule has 264 valence electrons. The molecule has 0 aliphatic heterocycles. The van der Waals surface area contributed by atoms with E-state index in [4.69, 9.17) is 5.26 Å². The molecule has 7 N–H and O–H groups in total. The van der Waals surface area contributed by atoms with Crippen LogP contribution in [0.3, 0.4) is 0 Å². The number of hydrogen-bond acceptors (Lipinski definition) is 16. The molecule has 0 radical (unpaired) electrons. The normalized spacial score (nSPS) is 12.2. The summed E-state index contributed by atoms with van der Waals surface area (Å²) in [5.41, 5.74) is 1.21. The van der Waals surface area contributed by atoms with Crippen LogP contribution in [-0.4, -0.2) is 59.1 Å². The summed E-state index contributed by atoms with van der Waals surface area (Å²) in [5, 5.41) is 21.6. The van der Waals surface area contributed by atoms with E-state index in [1.165, 1.54) is 42.5 Å². The Balaban J connectivity index is 1.40. The fourth-order valence-electron chi connectivity index (χ4n) is 4.90. The number of rotatable bonds is 12. The van der Waals surface area contributed by atoms with E-state index in [-0.39, 0.29) is 44.6 Å². The van der Waals surface area contributed by atoms with Gasteiger partial charge in [-0.25, -0.2) is 5.26 Å². The topological polar surface area (TPSA) is 277 Å². The van der Waals surface area contributed by atoms with Crippen LogP contribution < -0.4 is 16.0 Å². The van der Waals surface area contributed by atoms with Crippen molar-refractivity contribution in [2.45, 2.75) is 19.6 Å². The molecule has 0 saturated heterocycles. The summed E-state index contributed by atoms with van der Waals surface area (Å²) in [6, 6.07) is 21.7. The zero-order valence-corrected chi connectivity index (χ0v) is 28.5. The Hall–Kier alpha value is -5.01. The second kappa shape index (κ2) is 14.0. The van der Waals surface area contributed by atoms with Gasteiger partial charge < -0.3 is 16.0 Å². The molecule has 0 spiro atoms. The van der Waals surface area contributed by atoms with Crippen molar-refractivity contribution in [1.82, 2.24) is 15.0 Å². The van der Waals surface area contributed by atoms with Crippen LogP contribution in [-0.2, 0) is 39.7 Å². The molecule has 5 aromatic carbocycles. The van der Waals surface area contributed by atoms with E-state index in [0.717, 1.165) is 12.1 Å². The maximum absolute atomic E-state index is 12.1. The zero-order valence-electron chi connectivity index (χ0n) is 25.2. The third-order valence-electron chi connectivity index (χ3n) is 6.97. The molecule has 18 nitrogen and oxygen atoms in total. The molecule has 51 heavy (non-hydrogen) atoms. The summed E-state index contributed by atoms with van der Waals surface area (Å²) in [7, 11) is -14.4. The van der Waals surface area contributed by atoms with Crippen molar-refractivity contribution in [2.24, 2.45) is 0 Å². The number of benzene rings is 5. The highest BCUT2D eigenvalue weighted by Gasteiger charge is 2.21. The molecule has 6 rings (SSSR count). The van der Waals surface area contributed by atoms with E-state index in [1.54, 1.807) is 30.3 Å². The summed E-state index contributed by atoms with van der Waals surface area (Å²) in [6.07, 6.45) is 0. The highest BCUT2D eigenvalue weighted by Crippen LogP contribution is 2.34. The third kappa shape index (κ3) is 8.49. The van der Waals surface area contributed by atoms with Crippen molar-refractivity contribution in [2.75, 3.05) is 16.0 Å². The van der Waals surface area contributed by atoms with Crippen LogP contribution in [0.1, 0.15) is 0 Å². The first-order valence-electron chi connectivity index (χ1n) is 13.9. The van der Waals surface area contributed by atoms with Gasteiger partial charge in [0.1, 0.15) is 9.79 Å². The van der Waals surface area contributed by atoms with Gasteiger partial charge in [-0.3, -0.25) is 13.7 Å². The Morgan fingerprint density at radius 1 is 0.549 bits per heavy atom. The first-order valence-corrected chi connectivity index (χ1v) is 19.0. The molecular weight excluding hydrogens is 753 g/mol. The van der Waals surface area contributed by atoms with E-state index in [0.29, 0.717) is 34.9 Å². The molecule has 0 bridgehead atoms. The summed E-state index contributed by atoms with van der Waals surface area (Å²) in [4.78, 5) is 11.4. The lowest BCUT2D eigenvalue weighted by Crippen LogP contribution is -2.08. The Bertz CT molecular complexity index is 2650. The van der Waals surface area contributed by atoms with Crippen LogP contribution in [0.4, 0.5) is 34.9 Å². The van der Waals surface area contributed by atoms with Crippen LogP contribution in [0, 0.1) is 0 Å². The molecule has 0 atom stereocenters. The second-order valence-corrected chi connectivity index (χ2v) is 15.4. The van der Waals surface area contributed by atoms with Crippen LogP contribution in [0.2, 0.25) is 0 Å². The smallest absolute Gasteiger partial charge is 0.295 e. The highest BCUT2D eigenvalue weighted by atomic mass is 32.2. The fraction of sp³-hybridized carbons (Fsp3) is 0. The number of nitrogens with one attached hydrogen (secondary N) is 3. The number of hydrogen-bond donors (Lipinski definition) is 7. The van der Waals surface area contributed by atoms with E-state index in [2.05, 4.69) is 40.3 Å². The minimum Gasteiger partial charge on any atom is -0.324 e. The molecule has 0 amide bonds.